The first-order valence-electron chi connectivity index (χ1n) is 10.6. The monoisotopic (exact) mass is 531 g/mol. The molecule has 0 bridgehead atoms. The molecule has 0 radical (unpaired) electrons. The van der Waals surface area contributed by atoms with Crippen LogP contribution in [0.3, 0.4) is 0 Å². The number of ether oxygens (including phenoxy) is 3. The van der Waals surface area contributed by atoms with Gasteiger partial charge in [0.1, 0.15) is 24.0 Å². The summed E-state index contributed by atoms with van der Waals surface area (Å²) in [6, 6.07) is 21.5. The van der Waals surface area contributed by atoms with E-state index in [1.54, 1.807) is 55.6 Å². The van der Waals surface area contributed by atoms with Gasteiger partial charge in [-0.25, -0.2) is 0 Å². The molecule has 8 heteroatoms. The van der Waals surface area contributed by atoms with Crippen molar-refractivity contribution < 1.29 is 19.0 Å². The molecule has 0 saturated carbocycles. The number of carbonyl (C=O) groups is 1. The second-order valence-corrected chi connectivity index (χ2v) is 8.03. The number of rotatable bonds is 9. The van der Waals surface area contributed by atoms with E-state index in [1.165, 1.54) is 6.08 Å². The number of amides is 1. The molecule has 0 aromatic heterocycles. The molecular weight excluding hydrogens is 510 g/mol. The molecule has 0 aliphatic heterocycles. The zero-order valence-electron chi connectivity index (χ0n) is 19.2. The normalized spacial score (nSPS) is 10.6. The molecule has 3 aromatic rings. The molecule has 0 aliphatic carbocycles. The van der Waals surface area contributed by atoms with E-state index in [0.717, 1.165) is 5.56 Å². The summed E-state index contributed by atoms with van der Waals surface area (Å²) in [6.07, 6.45) is 1.47. The number of anilines is 1. The molecule has 3 aromatic carbocycles. The quantitative estimate of drug-likeness (QED) is 0.274. The number of benzene rings is 3. The van der Waals surface area contributed by atoms with Gasteiger partial charge in [0.25, 0.3) is 5.91 Å². The minimum atomic E-state index is -0.541. The average molecular weight is 532 g/mol. The van der Waals surface area contributed by atoms with Crippen LogP contribution < -0.4 is 19.5 Å². The summed E-state index contributed by atoms with van der Waals surface area (Å²) in [5.41, 5.74) is 2.31. The maximum absolute atomic E-state index is 12.7. The van der Waals surface area contributed by atoms with Crippen molar-refractivity contribution in [3.8, 4) is 29.4 Å². The van der Waals surface area contributed by atoms with E-state index in [2.05, 4.69) is 27.3 Å². The Kier molecular flexibility index (Phi) is 8.89. The fourth-order valence-corrected chi connectivity index (χ4v) is 3.74. The number of hydrogen-bond donors (Lipinski definition) is 1. The molecule has 35 heavy (non-hydrogen) atoms. The minimum Gasteiger partial charge on any atom is -0.497 e. The lowest BCUT2D eigenvalue weighted by Crippen LogP contribution is -2.13. The van der Waals surface area contributed by atoms with Gasteiger partial charge in [-0.2, -0.15) is 10.5 Å². The number of halogens is 1. The lowest BCUT2D eigenvalue weighted by molar-refractivity contribution is -0.112. The Balaban J connectivity index is 1.84. The third kappa shape index (κ3) is 6.63. The van der Waals surface area contributed by atoms with Crippen LogP contribution in [0.5, 0.6) is 17.2 Å². The number of methoxy groups -OCH3 is 1. The van der Waals surface area contributed by atoms with Crippen molar-refractivity contribution in [2.75, 3.05) is 19.0 Å². The van der Waals surface area contributed by atoms with Crippen molar-refractivity contribution in [2.24, 2.45) is 0 Å². The molecule has 7 nitrogen and oxygen atoms in total. The average Bonchev–Trinajstić information content (AvgIpc) is 2.87. The van der Waals surface area contributed by atoms with Crippen LogP contribution in [-0.4, -0.2) is 19.6 Å². The Morgan fingerprint density at radius 3 is 2.49 bits per heavy atom. The van der Waals surface area contributed by atoms with E-state index in [1.807, 2.05) is 25.1 Å². The maximum atomic E-state index is 12.7. The van der Waals surface area contributed by atoms with Crippen LogP contribution in [0.15, 0.2) is 70.7 Å². The Bertz CT molecular complexity index is 1320. The third-order valence-corrected chi connectivity index (χ3v) is 5.45. The molecule has 0 fully saturated rings. The zero-order valence-corrected chi connectivity index (χ0v) is 20.8. The summed E-state index contributed by atoms with van der Waals surface area (Å²) in [4.78, 5) is 12.7. The lowest BCUT2D eigenvalue weighted by Gasteiger charge is -2.15. The van der Waals surface area contributed by atoms with Crippen LogP contribution in [0.25, 0.3) is 6.08 Å². The largest absolute Gasteiger partial charge is 0.497 e. The van der Waals surface area contributed by atoms with Gasteiger partial charge in [0, 0.05) is 11.3 Å². The molecule has 0 aliphatic rings. The standard InChI is InChI=1S/C27H22BrN3O4/c1-3-34-25-14-18(12-21(16-30)27(32)31-22-8-10-23(33-2)11-9-22)13-24(28)26(25)35-17-20-7-5-4-6-19(20)15-29/h4-14H,3,17H2,1-2H3,(H,31,32)/b21-12+. The van der Waals surface area contributed by atoms with Gasteiger partial charge < -0.3 is 19.5 Å². The second-order valence-electron chi connectivity index (χ2n) is 7.17. The van der Waals surface area contributed by atoms with Gasteiger partial charge in [0.15, 0.2) is 11.5 Å². The van der Waals surface area contributed by atoms with Gasteiger partial charge >= 0.3 is 0 Å². The predicted octanol–water partition coefficient (Wildman–Crippen LogP) is 5.85. The van der Waals surface area contributed by atoms with Crippen molar-refractivity contribution in [3.63, 3.8) is 0 Å². The molecule has 0 unspecified atom stereocenters. The highest BCUT2D eigenvalue weighted by Crippen LogP contribution is 2.38. The molecule has 3 rings (SSSR count). The first kappa shape index (κ1) is 25.4. The van der Waals surface area contributed by atoms with E-state index in [-0.39, 0.29) is 12.2 Å². The van der Waals surface area contributed by atoms with E-state index in [0.29, 0.717) is 45.1 Å². The molecule has 1 N–H and O–H groups in total. The van der Waals surface area contributed by atoms with Crippen LogP contribution in [-0.2, 0) is 11.4 Å². The summed E-state index contributed by atoms with van der Waals surface area (Å²) >= 11 is 3.50. The smallest absolute Gasteiger partial charge is 0.266 e. The number of nitrogens with one attached hydrogen (secondary N) is 1. The molecular formula is C27H22BrN3O4. The SMILES string of the molecule is CCOc1cc(/C=C(\C#N)C(=O)Nc2ccc(OC)cc2)cc(Br)c1OCc1ccccc1C#N. The lowest BCUT2D eigenvalue weighted by atomic mass is 10.1. The Hall–Kier alpha value is -4.27. The molecule has 176 valence electrons. The van der Waals surface area contributed by atoms with Crippen LogP contribution in [0, 0.1) is 22.7 Å². The topological polar surface area (TPSA) is 104 Å². The second kappa shape index (κ2) is 12.3. The van der Waals surface area contributed by atoms with Crippen molar-refractivity contribution in [3.05, 3.63) is 87.4 Å². The predicted molar refractivity (Wildman–Crippen MR) is 136 cm³/mol. The first-order chi connectivity index (χ1) is 17.0. The number of nitrogens with zero attached hydrogens (tertiary/aromatic N) is 2. The van der Waals surface area contributed by atoms with Gasteiger partial charge in [-0.3, -0.25) is 4.79 Å². The van der Waals surface area contributed by atoms with Crippen LogP contribution >= 0.6 is 15.9 Å². The van der Waals surface area contributed by atoms with Gasteiger partial charge in [-0.1, -0.05) is 18.2 Å². The summed E-state index contributed by atoms with van der Waals surface area (Å²) < 4.78 is 17.4. The number of carbonyl (C=O) groups excluding carboxylic acids is 1. The zero-order chi connectivity index (χ0) is 25.2. The van der Waals surface area contributed by atoms with Crippen molar-refractivity contribution in [2.45, 2.75) is 13.5 Å². The molecule has 0 spiro atoms. The summed E-state index contributed by atoms with van der Waals surface area (Å²) in [7, 11) is 1.56. The molecule has 0 saturated heterocycles. The van der Waals surface area contributed by atoms with Crippen LogP contribution in [0.2, 0.25) is 0 Å². The van der Waals surface area contributed by atoms with E-state index >= 15 is 0 Å². The van der Waals surface area contributed by atoms with E-state index in [9.17, 15) is 15.3 Å². The van der Waals surface area contributed by atoms with Gasteiger partial charge in [-0.05, 0) is 77.0 Å². The van der Waals surface area contributed by atoms with E-state index < -0.39 is 5.91 Å². The molecule has 0 atom stereocenters. The Morgan fingerprint density at radius 1 is 1.09 bits per heavy atom. The van der Waals surface area contributed by atoms with Crippen LogP contribution in [0.1, 0.15) is 23.6 Å². The van der Waals surface area contributed by atoms with Crippen molar-refractivity contribution in [1.29, 1.82) is 10.5 Å². The Labute approximate surface area is 212 Å². The van der Waals surface area contributed by atoms with Crippen molar-refractivity contribution in [1.82, 2.24) is 0 Å². The molecule has 0 heterocycles. The summed E-state index contributed by atoms with van der Waals surface area (Å²) in [6.45, 7) is 2.40. The number of nitriles is 2. The number of hydrogen-bond acceptors (Lipinski definition) is 6. The fraction of sp³-hybridized carbons (Fsp3) is 0.148. The Morgan fingerprint density at radius 2 is 1.83 bits per heavy atom. The highest BCUT2D eigenvalue weighted by atomic mass is 79.9. The van der Waals surface area contributed by atoms with Gasteiger partial charge in [0.05, 0.1) is 29.8 Å². The summed E-state index contributed by atoms with van der Waals surface area (Å²) in [5.74, 6) is 1.01. The summed E-state index contributed by atoms with van der Waals surface area (Å²) in [5, 5.41) is 21.6. The highest BCUT2D eigenvalue weighted by molar-refractivity contribution is 9.10. The minimum absolute atomic E-state index is 0.0771. The molecule has 1 amide bonds. The van der Waals surface area contributed by atoms with Gasteiger partial charge in [-0.15, -0.1) is 0 Å². The van der Waals surface area contributed by atoms with Crippen molar-refractivity contribution >= 4 is 33.6 Å². The van der Waals surface area contributed by atoms with E-state index in [4.69, 9.17) is 14.2 Å². The maximum Gasteiger partial charge on any atom is 0.266 e. The van der Waals surface area contributed by atoms with Gasteiger partial charge in [0.2, 0.25) is 0 Å². The third-order valence-electron chi connectivity index (χ3n) is 4.87. The highest BCUT2D eigenvalue weighted by Gasteiger charge is 2.15. The van der Waals surface area contributed by atoms with Crippen LogP contribution in [0.4, 0.5) is 5.69 Å². The first-order valence-corrected chi connectivity index (χ1v) is 11.4. The fourth-order valence-electron chi connectivity index (χ4n) is 3.17.